The Hall–Kier alpha value is -1.80. The van der Waals surface area contributed by atoms with E-state index in [0.29, 0.717) is 0 Å². The van der Waals surface area contributed by atoms with Gasteiger partial charge in [0, 0.05) is 17.7 Å². The lowest BCUT2D eigenvalue weighted by Crippen LogP contribution is -2.30. The SMILES string of the molecule is c1ccc(C2NCc3ccccc3O2)cc1. The standard InChI is InChI=1S/C14H13NO/c1-2-6-11(7-3-1)14-15-10-12-8-4-5-9-13(12)16-14/h1-9,14-15H,10H2. The maximum absolute atomic E-state index is 5.91. The van der Waals surface area contributed by atoms with E-state index < -0.39 is 0 Å². The van der Waals surface area contributed by atoms with E-state index in [1.165, 1.54) is 5.56 Å². The summed E-state index contributed by atoms with van der Waals surface area (Å²) >= 11 is 0. The minimum atomic E-state index is -0.0314. The molecule has 0 aliphatic carbocycles. The molecule has 0 radical (unpaired) electrons. The predicted octanol–water partition coefficient (Wildman–Crippen LogP) is 2.87. The molecule has 2 aromatic rings. The summed E-state index contributed by atoms with van der Waals surface area (Å²) in [5.41, 5.74) is 2.38. The van der Waals surface area contributed by atoms with Crippen LogP contribution in [0, 0.1) is 0 Å². The summed E-state index contributed by atoms with van der Waals surface area (Å²) < 4.78 is 5.91. The molecule has 0 amide bonds. The van der Waals surface area contributed by atoms with Gasteiger partial charge in [0.05, 0.1) is 0 Å². The zero-order valence-electron chi connectivity index (χ0n) is 8.89. The van der Waals surface area contributed by atoms with Crippen LogP contribution in [0.3, 0.4) is 0 Å². The molecule has 1 aliphatic rings. The fourth-order valence-corrected chi connectivity index (χ4v) is 1.95. The summed E-state index contributed by atoms with van der Waals surface area (Å²) in [5, 5.41) is 3.37. The second kappa shape index (κ2) is 3.99. The maximum atomic E-state index is 5.91. The number of fused-ring (bicyclic) bond motifs is 1. The van der Waals surface area contributed by atoms with Gasteiger partial charge < -0.3 is 4.74 Å². The number of rotatable bonds is 1. The number of hydrogen-bond donors (Lipinski definition) is 1. The fourth-order valence-electron chi connectivity index (χ4n) is 1.95. The van der Waals surface area contributed by atoms with Gasteiger partial charge in [-0.1, -0.05) is 48.5 Å². The lowest BCUT2D eigenvalue weighted by atomic mass is 10.1. The highest BCUT2D eigenvalue weighted by Gasteiger charge is 2.19. The van der Waals surface area contributed by atoms with Gasteiger partial charge in [-0.15, -0.1) is 0 Å². The van der Waals surface area contributed by atoms with E-state index in [1.54, 1.807) is 0 Å². The van der Waals surface area contributed by atoms with Gasteiger partial charge >= 0.3 is 0 Å². The number of benzene rings is 2. The molecule has 16 heavy (non-hydrogen) atoms. The first kappa shape index (κ1) is 9.43. The number of nitrogens with one attached hydrogen (secondary N) is 1. The molecule has 0 aromatic heterocycles. The second-order valence-electron chi connectivity index (χ2n) is 3.90. The topological polar surface area (TPSA) is 21.3 Å². The van der Waals surface area contributed by atoms with Gasteiger partial charge in [-0.25, -0.2) is 0 Å². The normalized spacial score (nSPS) is 18.6. The van der Waals surface area contributed by atoms with E-state index in [-0.39, 0.29) is 6.23 Å². The van der Waals surface area contributed by atoms with Crippen molar-refractivity contribution in [1.29, 1.82) is 0 Å². The molecule has 2 aromatic carbocycles. The van der Waals surface area contributed by atoms with Crippen LogP contribution in [0.1, 0.15) is 17.4 Å². The summed E-state index contributed by atoms with van der Waals surface area (Å²) in [4.78, 5) is 0. The number of para-hydroxylation sites is 1. The first-order valence-corrected chi connectivity index (χ1v) is 5.46. The largest absolute Gasteiger partial charge is 0.471 e. The molecule has 0 saturated carbocycles. The fraction of sp³-hybridized carbons (Fsp3) is 0.143. The first-order chi connectivity index (χ1) is 7.93. The van der Waals surface area contributed by atoms with Crippen LogP contribution in [-0.2, 0) is 6.54 Å². The molecule has 3 rings (SSSR count). The third-order valence-corrected chi connectivity index (χ3v) is 2.80. The molecule has 0 saturated heterocycles. The van der Waals surface area contributed by atoms with E-state index in [2.05, 4.69) is 23.5 Å². The Morgan fingerprint density at radius 3 is 2.56 bits per heavy atom. The molecule has 2 nitrogen and oxygen atoms in total. The van der Waals surface area contributed by atoms with Crippen LogP contribution in [0.5, 0.6) is 5.75 Å². The van der Waals surface area contributed by atoms with Crippen LogP contribution in [0.2, 0.25) is 0 Å². The quantitative estimate of drug-likeness (QED) is 0.783. The third kappa shape index (κ3) is 1.68. The van der Waals surface area contributed by atoms with Crippen LogP contribution in [0.4, 0.5) is 0 Å². The molecule has 1 unspecified atom stereocenters. The Kier molecular flexibility index (Phi) is 2.35. The molecular formula is C14H13NO. The van der Waals surface area contributed by atoms with Gasteiger partial charge in [-0.3, -0.25) is 5.32 Å². The average Bonchev–Trinajstić information content (AvgIpc) is 2.39. The molecule has 0 fully saturated rings. The summed E-state index contributed by atoms with van der Waals surface area (Å²) in [5.74, 6) is 0.982. The van der Waals surface area contributed by atoms with Crippen molar-refractivity contribution in [2.24, 2.45) is 0 Å². The van der Waals surface area contributed by atoms with Gasteiger partial charge in [0.15, 0.2) is 6.23 Å². The van der Waals surface area contributed by atoms with E-state index in [9.17, 15) is 0 Å². The van der Waals surface area contributed by atoms with Crippen molar-refractivity contribution >= 4 is 0 Å². The summed E-state index contributed by atoms with van der Waals surface area (Å²) in [6, 6.07) is 18.4. The van der Waals surface area contributed by atoms with Crippen molar-refractivity contribution in [2.75, 3.05) is 0 Å². The predicted molar refractivity (Wildman–Crippen MR) is 63.1 cm³/mol. The van der Waals surface area contributed by atoms with Crippen molar-refractivity contribution in [1.82, 2.24) is 5.32 Å². The Bertz CT molecular complexity index is 481. The van der Waals surface area contributed by atoms with Gasteiger partial charge in [0.1, 0.15) is 5.75 Å². The van der Waals surface area contributed by atoms with E-state index >= 15 is 0 Å². The van der Waals surface area contributed by atoms with Crippen molar-refractivity contribution < 1.29 is 4.74 Å². The summed E-state index contributed by atoms with van der Waals surface area (Å²) in [6.45, 7) is 0.857. The summed E-state index contributed by atoms with van der Waals surface area (Å²) in [7, 11) is 0. The first-order valence-electron chi connectivity index (χ1n) is 5.46. The number of ether oxygens (including phenoxy) is 1. The third-order valence-electron chi connectivity index (χ3n) is 2.80. The van der Waals surface area contributed by atoms with Crippen LogP contribution >= 0.6 is 0 Å². The van der Waals surface area contributed by atoms with Crippen molar-refractivity contribution in [3.63, 3.8) is 0 Å². The van der Waals surface area contributed by atoms with Crippen molar-refractivity contribution in [3.05, 3.63) is 65.7 Å². The molecule has 1 heterocycles. The Morgan fingerprint density at radius 2 is 1.69 bits per heavy atom. The van der Waals surface area contributed by atoms with Gasteiger partial charge in [-0.05, 0) is 6.07 Å². The second-order valence-corrected chi connectivity index (χ2v) is 3.90. The molecule has 1 atom stereocenters. The lowest BCUT2D eigenvalue weighted by Gasteiger charge is -2.27. The Labute approximate surface area is 94.9 Å². The minimum Gasteiger partial charge on any atom is -0.471 e. The highest BCUT2D eigenvalue weighted by atomic mass is 16.5. The van der Waals surface area contributed by atoms with E-state index in [1.807, 2.05) is 36.4 Å². The van der Waals surface area contributed by atoms with Crippen LogP contribution in [-0.4, -0.2) is 0 Å². The monoisotopic (exact) mass is 211 g/mol. The minimum absolute atomic E-state index is 0.0314. The Morgan fingerprint density at radius 1 is 0.938 bits per heavy atom. The molecule has 80 valence electrons. The maximum Gasteiger partial charge on any atom is 0.176 e. The highest BCUT2D eigenvalue weighted by Crippen LogP contribution is 2.28. The highest BCUT2D eigenvalue weighted by molar-refractivity contribution is 5.35. The molecule has 2 heteroatoms. The molecule has 1 N–H and O–H groups in total. The molecule has 0 spiro atoms. The van der Waals surface area contributed by atoms with Crippen molar-refractivity contribution in [2.45, 2.75) is 12.8 Å². The van der Waals surface area contributed by atoms with Gasteiger partial charge in [-0.2, -0.15) is 0 Å². The van der Waals surface area contributed by atoms with Gasteiger partial charge in [0.25, 0.3) is 0 Å². The zero-order chi connectivity index (χ0) is 10.8. The van der Waals surface area contributed by atoms with Gasteiger partial charge in [0.2, 0.25) is 0 Å². The smallest absolute Gasteiger partial charge is 0.176 e. The van der Waals surface area contributed by atoms with Crippen molar-refractivity contribution in [3.8, 4) is 5.75 Å². The molecule has 1 aliphatic heterocycles. The molecule has 0 bridgehead atoms. The van der Waals surface area contributed by atoms with E-state index in [4.69, 9.17) is 4.74 Å². The van der Waals surface area contributed by atoms with Crippen LogP contribution in [0.15, 0.2) is 54.6 Å². The van der Waals surface area contributed by atoms with Crippen LogP contribution < -0.4 is 10.1 Å². The van der Waals surface area contributed by atoms with E-state index in [0.717, 1.165) is 17.9 Å². The Balaban J connectivity index is 1.89. The molecular weight excluding hydrogens is 198 g/mol. The summed E-state index contributed by atoms with van der Waals surface area (Å²) in [6.07, 6.45) is -0.0314. The average molecular weight is 211 g/mol. The zero-order valence-corrected chi connectivity index (χ0v) is 8.89. The number of hydrogen-bond acceptors (Lipinski definition) is 2. The van der Waals surface area contributed by atoms with Crippen LogP contribution in [0.25, 0.3) is 0 Å². The lowest BCUT2D eigenvalue weighted by molar-refractivity contribution is 0.144.